The number of rotatable bonds is 9. The predicted octanol–water partition coefficient (Wildman–Crippen LogP) is 3.85. The Labute approximate surface area is 111 Å². The highest BCUT2D eigenvalue weighted by molar-refractivity contribution is 5.84. The lowest BCUT2D eigenvalue weighted by molar-refractivity contribution is -0.149. The van der Waals surface area contributed by atoms with Crippen LogP contribution in [0, 0.1) is 0 Å². The Balaban J connectivity index is 2.53. The number of hydrogen-bond donors (Lipinski definition) is 0. The highest BCUT2D eigenvalue weighted by atomic mass is 16.7. The van der Waals surface area contributed by atoms with Crippen molar-refractivity contribution in [3.05, 3.63) is 0 Å². The van der Waals surface area contributed by atoms with Crippen LogP contribution >= 0.6 is 0 Å². The van der Waals surface area contributed by atoms with Crippen molar-refractivity contribution in [1.82, 2.24) is 0 Å². The van der Waals surface area contributed by atoms with Crippen LogP contribution in [0.15, 0.2) is 0 Å². The van der Waals surface area contributed by atoms with E-state index in [0.717, 1.165) is 25.7 Å². The molecule has 1 fully saturated rings. The Morgan fingerprint density at radius 2 is 1.78 bits per heavy atom. The molecule has 1 aliphatic heterocycles. The van der Waals surface area contributed by atoms with Gasteiger partial charge in [-0.2, -0.15) is 0 Å². The molecule has 106 valence electrons. The Bertz CT molecular complexity index is 277. The van der Waals surface area contributed by atoms with Crippen LogP contribution in [0.1, 0.15) is 72.6 Å². The highest BCUT2D eigenvalue weighted by Crippen LogP contribution is 2.54. The average molecular weight is 256 g/mol. The summed E-state index contributed by atoms with van der Waals surface area (Å²) in [7, 11) is 0. The van der Waals surface area contributed by atoms with Gasteiger partial charge in [-0.1, -0.05) is 46.0 Å². The highest BCUT2D eigenvalue weighted by Gasteiger charge is 2.71. The Kier molecular flexibility index (Phi) is 5.64. The summed E-state index contributed by atoms with van der Waals surface area (Å²) < 4.78 is 11.0. The molecule has 0 amide bonds. The fraction of sp³-hybridized carbons (Fsp3) is 0.933. The molecule has 0 aliphatic carbocycles. The Hall–Kier alpha value is -0.570. The monoisotopic (exact) mass is 256 g/mol. The van der Waals surface area contributed by atoms with Crippen LogP contribution in [0.4, 0.5) is 0 Å². The summed E-state index contributed by atoms with van der Waals surface area (Å²) in [6.07, 6.45) is 7.53. The van der Waals surface area contributed by atoms with Gasteiger partial charge < -0.3 is 9.47 Å². The van der Waals surface area contributed by atoms with E-state index in [1.807, 2.05) is 6.92 Å². The van der Waals surface area contributed by atoms with E-state index in [4.69, 9.17) is 9.47 Å². The third kappa shape index (κ3) is 3.05. The molecule has 0 aromatic rings. The topological polar surface area (TPSA) is 38.8 Å². The lowest BCUT2D eigenvalue weighted by Crippen LogP contribution is -2.34. The van der Waals surface area contributed by atoms with Crippen molar-refractivity contribution >= 4 is 5.97 Å². The maximum absolute atomic E-state index is 12.1. The van der Waals surface area contributed by atoms with Crippen molar-refractivity contribution in [2.24, 2.45) is 0 Å². The molecule has 0 aromatic carbocycles. The van der Waals surface area contributed by atoms with E-state index in [1.165, 1.54) is 19.3 Å². The van der Waals surface area contributed by atoms with Crippen molar-refractivity contribution in [2.45, 2.75) is 83.8 Å². The third-order valence-electron chi connectivity index (χ3n) is 3.93. The number of ether oxygens (including phenoxy) is 2. The summed E-state index contributed by atoms with van der Waals surface area (Å²) >= 11 is 0. The first kappa shape index (κ1) is 15.5. The molecule has 1 saturated heterocycles. The van der Waals surface area contributed by atoms with Gasteiger partial charge in [0.1, 0.15) is 5.60 Å². The van der Waals surface area contributed by atoms with E-state index in [-0.39, 0.29) is 11.6 Å². The maximum Gasteiger partial charge on any atom is 0.341 e. The van der Waals surface area contributed by atoms with E-state index >= 15 is 0 Å². The van der Waals surface area contributed by atoms with Crippen molar-refractivity contribution in [3.63, 3.8) is 0 Å². The summed E-state index contributed by atoms with van der Waals surface area (Å²) in [6, 6.07) is 0. The summed E-state index contributed by atoms with van der Waals surface area (Å²) in [5.74, 6) is -0.162. The second-order valence-electron chi connectivity index (χ2n) is 5.44. The number of unbranched alkanes of at least 4 members (excludes halogenated alkanes) is 3. The van der Waals surface area contributed by atoms with Gasteiger partial charge in [0, 0.05) is 0 Å². The van der Waals surface area contributed by atoms with Gasteiger partial charge in [-0.25, -0.2) is 4.79 Å². The minimum absolute atomic E-state index is 0.162. The standard InChI is InChI=1S/C15H28O3/c1-5-8-9-10-12-14(4)15(18-14,11-6-2)13(16)17-7-3/h5-12H2,1-4H3. The fourth-order valence-electron chi connectivity index (χ4n) is 2.78. The molecule has 0 saturated carbocycles. The van der Waals surface area contributed by atoms with Gasteiger partial charge in [-0.3, -0.25) is 0 Å². The van der Waals surface area contributed by atoms with Crippen LogP contribution in [0.5, 0.6) is 0 Å². The van der Waals surface area contributed by atoms with Gasteiger partial charge >= 0.3 is 5.97 Å². The van der Waals surface area contributed by atoms with Gasteiger partial charge in [0.15, 0.2) is 5.60 Å². The van der Waals surface area contributed by atoms with Gasteiger partial charge in [0.05, 0.1) is 6.61 Å². The molecule has 3 heteroatoms. The summed E-state index contributed by atoms with van der Waals surface area (Å²) in [5, 5.41) is 0. The summed E-state index contributed by atoms with van der Waals surface area (Å²) in [4.78, 5) is 12.1. The molecule has 18 heavy (non-hydrogen) atoms. The van der Waals surface area contributed by atoms with Crippen molar-refractivity contribution in [2.75, 3.05) is 6.61 Å². The minimum Gasteiger partial charge on any atom is -0.464 e. The minimum atomic E-state index is -0.649. The average Bonchev–Trinajstić information content (AvgIpc) is 2.93. The zero-order valence-corrected chi connectivity index (χ0v) is 12.4. The number of carbonyl (C=O) groups excluding carboxylic acids is 1. The molecule has 1 heterocycles. The number of epoxide rings is 1. The third-order valence-corrected chi connectivity index (χ3v) is 3.93. The van der Waals surface area contributed by atoms with Gasteiger partial charge in [-0.15, -0.1) is 0 Å². The van der Waals surface area contributed by atoms with E-state index in [9.17, 15) is 4.79 Å². The van der Waals surface area contributed by atoms with Crippen LogP contribution in [0.25, 0.3) is 0 Å². The molecule has 0 spiro atoms. The molecule has 0 bridgehead atoms. The summed E-state index contributed by atoms with van der Waals surface area (Å²) in [5.41, 5.74) is -0.938. The van der Waals surface area contributed by atoms with E-state index < -0.39 is 5.60 Å². The fourth-order valence-corrected chi connectivity index (χ4v) is 2.78. The molecule has 0 N–H and O–H groups in total. The Morgan fingerprint density at radius 3 is 2.33 bits per heavy atom. The molecule has 3 nitrogen and oxygen atoms in total. The van der Waals surface area contributed by atoms with Crippen LogP contribution in [-0.2, 0) is 14.3 Å². The number of esters is 1. The van der Waals surface area contributed by atoms with Gasteiger partial charge in [0.2, 0.25) is 0 Å². The van der Waals surface area contributed by atoms with Crippen LogP contribution in [0.2, 0.25) is 0 Å². The lowest BCUT2D eigenvalue weighted by atomic mass is 9.86. The van der Waals surface area contributed by atoms with Crippen LogP contribution < -0.4 is 0 Å². The molecule has 2 unspecified atom stereocenters. The smallest absolute Gasteiger partial charge is 0.341 e. The SMILES string of the molecule is CCCCCCC1(C)OC1(CCC)C(=O)OCC. The first-order valence-corrected chi connectivity index (χ1v) is 7.43. The largest absolute Gasteiger partial charge is 0.464 e. The molecule has 0 aromatic heterocycles. The predicted molar refractivity (Wildman–Crippen MR) is 72.5 cm³/mol. The first-order valence-electron chi connectivity index (χ1n) is 7.43. The van der Waals surface area contributed by atoms with Crippen LogP contribution in [-0.4, -0.2) is 23.8 Å². The molecule has 1 aliphatic rings. The molecule has 1 rings (SSSR count). The van der Waals surface area contributed by atoms with Crippen molar-refractivity contribution in [1.29, 1.82) is 0 Å². The second-order valence-corrected chi connectivity index (χ2v) is 5.44. The number of carbonyl (C=O) groups is 1. The van der Waals surface area contributed by atoms with Gasteiger partial charge in [-0.05, 0) is 26.7 Å². The first-order chi connectivity index (χ1) is 8.56. The zero-order valence-electron chi connectivity index (χ0n) is 12.4. The van der Waals surface area contributed by atoms with Crippen molar-refractivity contribution in [3.8, 4) is 0 Å². The molecule has 0 radical (unpaired) electrons. The zero-order chi connectivity index (χ0) is 13.6. The van der Waals surface area contributed by atoms with E-state index in [2.05, 4.69) is 20.8 Å². The molecule has 2 atom stereocenters. The number of hydrogen-bond acceptors (Lipinski definition) is 3. The lowest BCUT2D eigenvalue weighted by Gasteiger charge is -2.15. The molecular formula is C15H28O3. The van der Waals surface area contributed by atoms with E-state index in [0.29, 0.717) is 6.61 Å². The normalized spacial score (nSPS) is 30.2. The Morgan fingerprint density at radius 1 is 1.06 bits per heavy atom. The molecular weight excluding hydrogens is 228 g/mol. The second kappa shape index (κ2) is 6.55. The quantitative estimate of drug-likeness (QED) is 0.357. The maximum atomic E-state index is 12.1. The van der Waals surface area contributed by atoms with Gasteiger partial charge in [0.25, 0.3) is 0 Å². The summed E-state index contributed by atoms with van der Waals surface area (Å²) in [6.45, 7) is 8.62. The van der Waals surface area contributed by atoms with E-state index in [1.54, 1.807) is 0 Å². The van der Waals surface area contributed by atoms with Crippen LogP contribution in [0.3, 0.4) is 0 Å². The van der Waals surface area contributed by atoms with Crippen molar-refractivity contribution < 1.29 is 14.3 Å².